The highest BCUT2D eigenvalue weighted by Gasteiger charge is 2.37. The molecule has 1 heterocycles. The summed E-state index contributed by atoms with van der Waals surface area (Å²) in [6, 6.07) is 0.330. The van der Waals surface area contributed by atoms with E-state index in [-0.39, 0.29) is 6.04 Å². The maximum absolute atomic E-state index is 12.5. The normalized spacial score (nSPS) is 22.6. The van der Waals surface area contributed by atoms with Gasteiger partial charge in [0, 0.05) is 18.6 Å². The van der Waals surface area contributed by atoms with Crippen molar-refractivity contribution in [1.82, 2.24) is 9.62 Å². The van der Waals surface area contributed by atoms with Crippen LogP contribution in [0.5, 0.6) is 0 Å². The molecule has 1 rings (SSSR count). The molecule has 1 aliphatic heterocycles. The Hall–Kier alpha value is -0.130. The zero-order chi connectivity index (χ0) is 13.3. The Bertz CT molecular complexity index is 338. The molecule has 0 radical (unpaired) electrons. The molecule has 0 spiro atoms. The van der Waals surface area contributed by atoms with E-state index in [0.29, 0.717) is 12.6 Å². The summed E-state index contributed by atoms with van der Waals surface area (Å²) in [6.45, 7) is 10.8. The van der Waals surface area contributed by atoms with Crippen molar-refractivity contribution in [1.29, 1.82) is 0 Å². The Labute approximate surface area is 106 Å². The first-order valence-corrected chi connectivity index (χ1v) is 7.85. The summed E-state index contributed by atoms with van der Waals surface area (Å²) in [5, 5.41) is 3.36. The summed E-state index contributed by atoms with van der Waals surface area (Å²) in [5.41, 5.74) is 0. The van der Waals surface area contributed by atoms with Gasteiger partial charge in [0.2, 0.25) is 10.0 Å². The SMILES string of the molecule is CC(C)N(CC1CCCN1)S(=O)(=O)C(C)(C)C. The first-order valence-electron chi connectivity index (χ1n) is 6.41. The maximum Gasteiger partial charge on any atom is 0.219 e. The van der Waals surface area contributed by atoms with Gasteiger partial charge in [-0.1, -0.05) is 0 Å². The van der Waals surface area contributed by atoms with Crippen molar-refractivity contribution >= 4 is 10.0 Å². The molecule has 17 heavy (non-hydrogen) atoms. The molecule has 0 aromatic carbocycles. The van der Waals surface area contributed by atoms with E-state index in [0.717, 1.165) is 19.4 Å². The average molecular weight is 262 g/mol. The van der Waals surface area contributed by atoms with Gasteiger partial charge in [-0.15, -0.1) is 0 Å². The zero-order valence-corrected chi connectivity index (χ0v) is 12.5. The number of nitrogens with zero attached hydrogens (tertiary/aromatic N) is 1. The van der Waals surface area contributed by atoms with Crippen LogP contribution in [0.2, 0.25) is 0 Å². The fourth-order valence-electron chi connectivity index (χ4n) is 2.07. The third-order valence-corrected chi connectivity index (χ3v) is 5.96. The van der Waals surface area contributed by atoms with E-state index in [1.54, 1.807) is 25.1 Å². The molecular weight excluding hydrogens is 236 g/mol. The van der Waals surface area contributed by atoms with Crippen LogP contribution in [0.25, 0.3) is 0 Å². The Morgan fingerprint density at radius 1 is 1.35 bits per heavy atom. The van der Waals surface area contributed by atoms with Crippen molar-refractivity contribution in [2.75, 3.05) is 13.1 Å². The van der Waals surface area contributed by atoms with Crippen molar-refractivity contribution in [3.8, 4) is 0 Å². The largest absolute Gasteiger partial charge is 0.313 e. The molecule has 0 bridgehead atoms. The molecule has 1 N–H and O–H groups in total. The molecule has 1 unspecified atom stereocenters. The highest BCUT2D eigenvalue weighted by atomic mass is 32.2. The lowest BCUT2D eigenvalue weighted by Crippen LogP contribution is -2.50. The van der Waals surface area contributed by atoms with Crippen molar-refractivity contribution in [3.05, 3.63) is 0 Å². The van der Waals surface area contributed by atoms with Crippen LogP contribution < -0.4 is 5.32 Å². The van der Waals surface area contributed by atoms with Crippen LogP contribution in [-0.2, 0) is 10.0 Å². The van der Waals surface area contributed by atoms with Crippen LogP contribution in [0.1, 0.15) is 47.5 Å². The Morgan fingerprint density at radius 2 is 1.94 bits per heavy atom. The predicted octanol–water partition coefficient (Wildman–Crippen LogP) is 1.58. The minimum atomic E-state index is -3.23. The molecule has 102 valence electrons. The molecule has 0 amide bonds. The second-order valence-corrected chi connectivity index (χ2v) is 8.72. The van der Waals surface area contributed by atoms with E-state index in [1.165, 1.54) is 0 Å². The van der Waals surface area contributed by atoms with Gasteiger partial charge in [-0.25, -0.2) is 8.42 Å². The van der Waals surface area contributed by atoms with E-state index in [2.05, 4.69) is 5.32 Å². The first-order chi connectivity index (χ1) is 7.66. The summed E-state index contributed by atoms with van der Waals surface area (Å²) in [4.78, 5) is 0. The molecule has 1 atom stereocenters. The van der Waals surface area contributed by atoms with E-state index < -0.39 is 14.8 Å². The van der Waals surface area contributed by atoms with Crippen LogP contribution in [0.4, 0.5) is 0 Å². The van der Waals surface area contributed by atoms with Crippen LogP contribution in [-0.4, -0.2) is 42.6 Å². The second kappa shape index (κ2) is 5.24. The number of hydrogen-bond acceptors (Lipinski definition) is 3. The minimum absolute atomic E-state index is 0.0154. The molecule has 0 aromatic rings. The smallest absolute Gasteiger partial charge is 0.219 e. The number of rotatable bonds is 4. The maximum atomic E-state index is 12.5. The lowest BCUT2D eigenvalue weighted by atomic mass is 10.2. The molecule has 0 aliphatic carbocycles. The van der Waals surface area contributed by atoms with Crippen LogP contribution >= 0.6 is 0 Å². The summed E-state index contributed by atoms with van der Waals surface area (Å²) in [5.74, 6) is 0. The molecule has 0 aromatic heterocycles. The van der Waals surface area contributed by atoms with Crippen molar-refractivity contribution in [2.24, 2.45) is 0 Å². The van der Waals surface area contributed by atoms with Crippen molar-refractivity contribution < 1.29 is 8.42 Å². The highest BCUT2D eigenvalue weighted by Crippen LogP contribution is 2.23. The third-order valence-electron chi connectivity index (χ3n) is 3.22. The lowest BCUT2D eigenvalue weighted by molar-refractivity contribution is 0.313. The van der Waals surface area contributed by atoms with Crippen LogP contribution in [0.15, 0.2) is 0 Å². The zero-order valence-electron chi connectivity index (χ0n) is 11.7. The molecule has 1 fully saturated rings. The van der Waals surface area contributed by atoms with Gasteiger partial charge in [0.15, 0.2) is 0 Å². The summed E-state index contributed by atoms with van der Waals surface area (Å²) in [7, 11) is -3.23. The lowest BCUT2D eigenvalue weighted by Gasteiger charge is -2.34. The van der Waals surface area contributed by atoms with E-state index in [9.17, 15) is 8.42 Å². The standard InChI is InChI=1S/C12H26N2O2S/c1-10(2)14(9-11-7-6-8-13-11)17(15,16)12(3,4)5/h10-11,13H,6-9H2,1-5H3. The van der Waals surface area contributed by atoms with Crippen LogP contribution in [0.3, 0.4) is 0 Å². The van der Waals surface area contributed by atoms with Gasteiger partial charge < -0.3 is 5.32 Å². The summed E-state index contributed by atoms with van der Waals surface area (Å²) >= 11 is 0. The van der Waals surface area contributed by atoms with E-state index >= 15 is 0 Å². The molecule has 1 saturated heterocycles. The molecule has 5 heteroatoms. The number of sulfonamides is 1. The molecule has 4 nitrogen and oxygen atoms in total. The predicted molar refractivity (Wildman–Crippen MR) is 71.5 cm³/mol. The fraction of sp³-hybridized carbons (Fsp3) is 1.00. The molecule has 1 aliphatic rings. The van der Waals surface area contributed by atoms with Crippen molar-refractivity contribution in [3.63, 3.8) is 0 Å². The molecule has 0 saturated carbocycles. The Balaban J connectivity index is 2.85. The van der Waals surface area contributed by atoms with Gasteiger partial charge >= 0.3 is 0 Å². The van der Waals surface area contributed by atoms with Gasteiger partial charge in [0.25, 0.3) is 0 Å². The molecular formula is C12H26N2O2S. The first kappa shape index (κ1) is 14.9. The van der Waals surface area contributed by atoms with Gasteiger partial charge in [-0.05, 0) is 54.0 Å². The average Bonchev–Trinajstić information content (AvgIpc) is 2.63. The topological polar surface area (TPSA) is 49.4 Å². The monoisotopic (exact) mass is 262 g/mol. The van der Waals surface area contributed by atoms with Gasteiger partial charge in [0.1, 0.15) is 0 Å². The van der Waals surface area contributed by atoms with Gasteiger partial charge in [0.05, 0.1) is 4.75 Å². The Morgan fingerprint density at radius 3 is 2.29 bits per heavy atom. The quantitative estimate of drug-likeness (QED) is 0.837. The van der Waals surface area contributed by atoms with Crippen LogP contribution in [0, 0.1) is 0 Å². The minimum Gasteiger partial charge on any atom is -0.313 e. The number of hydrogen-bond donors (Lipinski definition) is 1. The summed E-state index contributed by atoms with van der Waals surface area (Å²) in [6.07, 6.45) is 2.22. The van der Waals surface area contributed by atoms with Gasteiger partial charge in [-0.2, -0.15) is 4.31 Å². The number of nitrogens with one attached hydrogen (secondary N) is 1. The highest BCUT2D eigenvalue weighted by molar-refractivity contribution is 7.90. The van der Waals surface area contributed by atoms with E-state index in [4.69, 9.17) is 0 Å². The Kier molecular flexibility index (Phi) is 4.60. The second-order valence-electron chi connectivity index (χ2n) is 6.07. The van der Waals surface area contributed by atoms with E-state index in [1.807, 2.05) is 13.8 Å². The van der Waals surface area contributed by atoms with Gasteiger partial charge in [-0.3, -0.25) is 0 Å². The summed E-state index contributed by atoms with van der Waals surface area (Å²) < 4.78 is 25.9. The third kappa shape index (κ3) is 3.42. The van der Waals surface area contributed by atoms with Crippen molar-refractivity contribution in [2.45, 2.75) is 64.3 Å². The fourth-order valence-corrected chi connectivity index (χ4v) is 3.70.